The van der Waals surface area contributed by atoms with Crippen LogP contribution in [0.5, 0.6) is 5.75 Å². The van der Waals surface area contributed by atoms with E-state index in [1.807, 2.05) is 30.7 Å². The lowest BCUT2D eigenvalue weighted by molar-refractivity contribution is 0.256. The fraction of sp³-hybridized carbons (Fsp3) is 0.609. The third kappa shape index (κ3) is 5.55. The number of rotatable bonds is 8. The molecule has 8 heteroatoms. The molecule has 0 amide bonds. The van der Waals surface area contributed by atoms with Gasteiger partial charge in [0, 0.05) is 38.3 Å². The van der Waals surface area contributed by atoms with Crippen molar-refractivity contribution in [3.05, 3.63) is 41.5 Å². The summed E-state index contributed by atoms with van der Waals surface area (Å²) in [6.45, 7) is 6.71. The van der Waals surface area contributed by atoms with Gasteiger partial charge in [-0.2, -0.15) is 0 Å². The summed E-state index contributed by atoms with van der Waals surface area (Å²) in [7, 11) is 3.67. The van der Waals surface area contributed by atoms with Gasteiger partial charge in [0.15, 0.2) is 11.8 Å². The van der Waals surface area contributed by atoms with E-state index >= 15 is 0 Å². The standard InChI is InChI=1S/C23H35N7O/c1-16-13-19(15-30(16)20-7-8-20)26-23(25-14-22-28-27-17(2)29(22)3)24-12-11-18-5-9-21(31-4)10-6-18/h5-6,9-10,16,19-20H,7-8,11-15H2,1-4H3,(H2,24,25,26). The summed E-state index contributed by atoms with van der Waals surface area (Å²) in [4.78, 5) is 7.48. The summed E-state index contributed by atoms with van der Waals surface area (Å²) < 4.78 is 7.24. The number of hydrogen-bond acceptors (Lipinski definition) is 5. The highest BCUT2D eigenvalue weighted by Crippen LogP contribution is 2.33. The highest BCUT2D eigenvalue weighted by atomic mass is 16.5. The first-order chi connectivity index (χ1) is 15.0. The Bertz CT molecular complexity index is 888. The molecule has 0 bridgehead atoms. The van der Waals surface area contributed by atoms with Gasteiger partial charge in [0.2, 0.25) is 0 Å². The zero-order valence-electron chi connectivity index (χ0n) is 19.1. The topological polar surface area (TPSA) is 79.6 Å². The van der Waals surface area contributed by atoms with Crippen LogP contribution in [0, 0.1) is 6.92 Å². The number of ether oxygens (including phenoxy) is 1. The Hall–Kier alpha value is -2.61. The summed E-state index contributed by atoms with van der Waals surface area (Å²) in [6.07, 6.45) is 4.77. The number of benzene rings is 1. The maximum atomic E-state index is 5.25. The molecule has 0 radical (unpaired) electrons. The smallest absolute Gasteiger partial charge is 0.191 e. The van der Waals surface area contributed by atoms with Crippen molar-refractivity contribution in [3.8, 4) is 5.75 Å². The largest absolute Gasteiger partial charge is 0.497 e. The van der Waals surface area contributed by atoms with Gasteiger partial charge in [-0.3, -0.25) is 4.90 Å². The van der Waals surface area contributed by atoms with Crippen molar-refractivity contribution in [2.45, 2.75) is 64.2 Å². The molecule has 2 atom stereocenters. The molecule has 2 unspecified atom stereocenters. The fourth-order valence-corrected chi connectivity index (χ4v) is 4.28. The first-order valence-corrected chi connectivity index (χ1v) is 11.3. The van der Waals surface area contributed by atoms with Crippen LogP contribution in [0.1, 0.15) is 43.4 Å². The maximum Gasteiger partial charge on any atom is 0.191 e. The molecule has 31 heavy (non-hydrogen) atoms. The third-order valence-electron chi connectivity index (χ3n) is 6.41. The number of aryl methyl sites for hydroxylation is 1. The molecule has 2 N–H and O–H groups in total. The van der Waals surface area contributed by atoms with Crippen molar-refractivity contribution in [1.82, 2.24) is 30.3 Å². The summed E-state index contributed by atoms with van der Waals surface area (Å²) in [5.41, 5.74) is 1.27. The second-order valence-electron chi connectivity index (χ2n) is 8.77. The molecule has 1 aliphatic heterocycles. The zero-order valence-corrected chi connectivity index (χ0v) is 19.1. The average Bonchev–Trinajstić information content (AvgIpc) is 3.48. The molecule has 1 aromatic heterocycles. The predicted octanol–water partition coefficient (Wildman–Crippen LogP) is 2.04. The van der Waals surface area contributed by atoms with Gasteiger partial charge < -0.3 is 19.9 Å². The number of hydrogen-bond donors (Lipinski definition) is 2. The molecule has 2 heterocycles. The highest BCUT2D eigenvalue weighted by Gasteiger charge is 2.38. The van der Waals surface area contributed by atoms with Crippen LogP contribution >= 0.6 is 0 Å². The monoisotopic (exact) mass is 425 g/mol. The minimum absolute atomic E-state index is 0.420. The molecule has 1 aliphatic carbocycles. The number of nitrogens with one attached hydrogen (secondary N) is 2. The molecule has 1 saturated carbocycles. The molecule has 168 valence electrons. The average molecular weight is 426 g/mol. The van der Waals surface area contributed by atoms with Gasteiger partial charge in [0.1, 0.15) is 18.1 Å². The van der Waals surface area contributed by atoms with Crippen LogP contribution in [0.25, 0.3) is 0 Å². The van der Waals surface area contributed by atoms with Crippen molar-refractivity contribution >= 4 is 5.96 Å². The van der Waals surface area contributed by atoms with E-state index in [9.17, 15) is 0 Å². The first-order valence-electron chi connectivity index (χ1n) is 11.3. The highest BCUT2D eigenvalue weighted by molar-refractivity contribution is 5.80. The summed E-state index contributed by atoms with van der Waals surface area (Å²) in [5, 5.41) is 15.6. The van der Waals surface area contributed by atoms with Gasteiger partial charge in [-0.25, -0.2) is 4.99 Å². The molecule has 1 saturated heterocycles. The van der Waals surface area contributed by atoms with E-state index in [-0.39, 0.29) is 0 Å². The second kappa shape index (κ2) is 9.68. The van der Waals surface area contributed by atoms with Crippen LogP contribution in [0.4, 0.5) is 0 Å². The molecule has 8 nitrogen and oxygen atoms in total. The number of likely N-dealkylation sites (tertiary alicyclic amines) is 1. The maximum absolute atomic E-state index is 5.25. The Morgan fingerprint density at radius 2 is 2.00 bits per heavy atom. The Morgan fingerprint density at radius 3 is 2.65 bits per heavy atom. The molecule has 4 rings (SSSR count). The van der Waals surface area contributed by atoms with E-state index in [0.717, 1.165) is 55.3 Å². The van der Waals surface area contributed by atoms with E-state index in [2.05, 4.69) is 44.8 Å². The van der Waals surface area contributed by atoms with Crippen LogP contribution in [-0.2, 0) is 20.0 Å². The minimum atomic E-state index is 0.420. The minimum Gasteiger partial charge on any atom is -0.497 e. The van der Waals surface area contributed by atoms with Gasteiger partial charge in [0.25, 0.3) is 0 Å². The lowest BCUT2D eigenvalue weighted by Gasteiger charge is -2.20. The van der Waals surface area contributed by atoms with Gasteiger partial charge in [0.05, 0.1) is 7.11 Å². The SMILES string of the molecule is COc1ccc(CCNC(=NCc2nnc(C)n2C)NC2CC(C)N(C3CC3)C2)cc1. The number of guanidine groups is 1. The molecule has 1 aromatic carbocycles. The van der Waals surface area contributed by atoms with Crippen molar-refractivity contribution in [3.63, 3.8) is 0 Å². The van der Waals surface area contributed by atoms with Crippen molar-refractivity contribution in [1.29, 1.82) is 0 Å². The normalized spacial score (nSPS) is 22.0. The third-order valence-corrected chi connectivity index (χ3v) is 6.41. The van der Waals surface area contributed by atoms with E-state index < -0.39 is 0 Å². The molecule has 2 aliphatic rings. The quantitative estimate of drug-likeness (QED) is 0.498. The van der Waals surface area contributed by atoms with Crippen LogP contribution in [0.15, 0.2) is 29.3 Å². The molecule has 2 aromatic rings. The number of methoxy groups -OCH3 is 1. The number of aliphatic imine (C=N–C) groups is 1. The summed E-state index contributed by atoms with van der Waals surface area (Å²) in [6, 6.07) is 10.1. The van der Waals surface area contributed by atoms with E-state index in [1.165, 1.54) is 18.4 Å². The van der Waals surface area contributed by atoms with Crippen molar-refractivity contribution in [2.75, 3.05) is 20.2 Å². The summed E-state index contributed by atoms with van der Waals surface area (Å²) >= 11 is 0. The van der Waals surface area contributed by atoms with Gasteiger partial charge >= 0.3 is 0 Å². The Labute approximate surface area is 185 Å². The number of aromatic nitrogens is 3. The fourth-order valence-electron chi connectivity index (χ4n) is 4.28. The van der Waals surface area contributed by atoms with Crippen LogP contribution < -0.4 is 15.4 Å². The molecule has 0 spiro atoms. The van der Waals surface area contributed by atoms with E-state index in [1.54, 1.807) is 7.11 Å². The number of nitrogens with zero attached hydrogens (tertiary/aromatic N) is 5. The Morgan fingerprint density at radius 1 is 1.23 bits per heavy atom. The van der Waals surface area contributed by atoms with E-state index in [4.69, 9.17) is 9.73 Å². The molecular weight excluding hydrogens is 390 g/mol. The van der Waals surface area contributed by atoms with Crippen LogP contribution in [0.3, 0.4) is 0 Å². The molecular formula is C23H35N7O. The lowest BCUT2D eigenvalue weighted by atomic mass is 10.1. The van der Waals surface area contributed by atoms with Gasteiger partial charge in [-0.05, 0) is 57.2 Å². The van der Waals surface area contributed by atoms with Crippen molar-refractivity contribution < 1.29 is 4.74 Å². The lowest BCUT2D eigenvalue weighted by Crippen LogP contribution is -2.45. The van der Waals surface area contributed by atoms with E-state index in [0.29, 0.717) is 18.6 Å². The van der Waals surface area contributed by atoms with Gasteiger partial charge in [-0.1, -0.05) is 12.1 Å². The molecule has 2 fully saturated rings. The zero-order chi connectivity index (χ0) is 21.8. The van der Waals surface area contributed by atoms with Crippen LogP contribution in [-0.4, -0.2) is 63.9 Å². The Balaban J connectivity index is 1.37. The van der Waals surface area contributed by atoms with Crippen LogP contribution in [0.2, 0.25) is 0 Å². The first kappa shape index (κ1) is 21.6. The van der Waals surface area contributed by atoms with Crippen molar-refractivity contribution in [2.24, 2.45) is 12.0 Å². The second-order valence-corrected chi connectivity index (χ2v) is 8.77. The summed E-state index contributed by atoms with van der Waals surface area (Å²) in [5.74, 6) is 3.50. The Kier molecular flexibility index (Phi) is 6.75. The van der Waals surface area contributed by atoms with Gasteiger partial charge in [-0.15, -0.1) is 10.2 Å². The predicted molar refractivity (Wildman–Crippen MR) is 122 cm³/mol.